The molecule has 0 unspecified atom stereocenters. The molecule has 1 aromatic carbocycles. The van der Waals surface area contributed by atoms with Crippen molar-refractivity contribution in [2.75, 3.05) is 0 Å². The smallest absolute Gasteiger partial charge is 0.123 e. The van der Waals surface area contributed by atoms with E-state index in [1.165, 1.54) is 35.2 Å². The highest BCUT2D eigenvalue weighted by Crippen LogP contribution is 2.28. The Bertz CT molecular complexity index is 555. The quantitative estimate of drug-likeness (QED) is 0.905. The molecule has 1 aliphatic rings. The molecule has 2 aromatic rings. The standard InChI is InChI=1S/C15H18N2S/c1-10-3-6-14(11(2)7-10)15-17-13(9-18-15)8-16-12-4-5-12/h3,6-7,9,12,16H,4-5,8H2,1-2H3. The lowest BCUT2D eigenvalue weighted by Gasteiger charge is -2.03. The van der Waals surface area contributed by atoms with Gasteiger partial charge >= 0.3 is 0 Å². The van der Waals surface area contributed by atoms with Crippen LogP contribution < -0.4 is 5.32 Å². The Kier molecular flexibility index (Phi) is 3.18. The van der Waals surface area contributed by atoms with Gasteiger partial charge in [-0.05, 0) is 32.3 Å². The van der Waals surface area contributed by atoms with Gasteiger partial charge in [-0.25, -0.2) is 4.98 Å². The van der Waals surface area contributed by atoms with E-state index in [2.05, 4.69) is 42.7 Å². The van der Waals surface area contributed by atoms with Crippen LogP contribution in [-0.2, 0) is 6.54 Å². The SMILES string of the molecule is Cc1ccc(-c2nc(CNC3CC3)cs2)c(C)c1. The molecule has 1 N–H and O–H groups in total. The maximum absolute atomic E-state index is 4.73. The summed E-state index contributed by atoms with van der Waals surface area (Å²) in [5, 5.41) is 6.82. The van der Waals surface area contributed by atoms with Gasteiger partial charge in [0.2, 0.25) is 0 Å². The first kappa shape index (κ1) is 11.9. The Morgan fingerprint density at radius 2 is 2.17 bits per heavy atom. The van der Waals surface area contributed by atoms with Crippen molar-refractivity contribution < 1.29 is 0 Å². The summed E-state index contributed by atoms with van der Waals surface area (Å²) in [6, 6.07) is 7.31. The minimum Gasteiger partial charge on any atom is -0.308 e. The molecule has 1 saturated carbocycles. The van der Waals surface area contributed by atoms with Gasteiger partial charge in [-0.3, -0.25) is 0 Å². The van der Waals surface area contributed by atoms with Gasteiger partial charge in [0, 0.05) is 23.5 Å². The molecule has 0 aliphatic heterocycles. The van der Waals surface area contributed by atoms with E-state index in [9.17, 15) is 0 Å². The van der Waals surface area contributed by atoms with Crippen LogP contribution in [0.2, 0.25) is 0 Å². The Morgan fingerprint density at radius 3 is 2.89 bits per heavy atom. The highest BCUT2D eigenvalue weighted by atomic mass is 32.1. The first-order chi connectivity index (χ1) is 8.72. The first-order valence-corrected chi connectivity index (χ1v) is 7.36. The van der Waals surface area contributed by atoms with E-state index in [1.54, 1.807) is 11.3 Å². The number of aryl methyl sites for hydroxylation is 2. The average molecular weight is 258 g/mol. The molecule has 2 nitrogen and oxygen atoms in total. The molecule has 0 spiro atoms. The molecule has 3 rings (SSSR count). The van der Waals surface area contributed by atoms with Gasteiger partial charge in [-0.1, -0.05) is 23.8 Å². The van der Waals surface area contributed by atoms with E-state index < -0.39 is 0 Å². The molecular weight excluding hydrogens is 240 g/mol. The number of aromatic nitrogens is 1. The zero-order valence-corrected chi connectivity index (χ0v) is 11.7. The van der Waals surface area contributed by atoms with Gasteiger partial charge < -0.3 is 5.32 Å². The molecule has 1 heterocycles. The molecular formula is C15H18N2S. The largest absolute Gasteiger partial charge is 0.308 e. The van der Waals surface area contributed by atoms with Crippen LogP contribution in [0.1, 0.15) is 29.7 Å². The van der Waals surface area contributed by atoms with Gasteiger partial charge in [0.15, 0.2) is 0 Å². The molecule has 0 amide bonds. The fourth-order valence-electron chi connectivity index (χ4n) is 2.10. The number of nitrogens with one attached hydrogen (secondary N) is 1. The van der Waals surface area contributed by atoms with Crippen LogP contribution in [0.3, 0.4) is 0 Å². The summed E-state index contributed by atoms with van der Waals surface area (Å²) in [4.78, 5) is 4.73. The van der Waals surface area contributed by atoms with Gasteiger partial charge in [0.1, 0.15) is 5.01 Å². The Balaban J connectivity index is 1.78. The van der Waals surface area contributed by atoms with Crippen LogP contribution >= 0.6 is 11.3 Å². The van der Waals surface area contributed by atoms with E-state index >= 15 is 0 Å². The zero-order valence-electron chi connectivity index (χ0n) is 10.9. The normalized spacial score (nSPS) is 15.0. The first-order valence-electron chi connectivity index (χ1n) is 6.48. The maximum Gasteiger partial charge on any atom is 0.123 e. The van der Waals surface area contributed by atoms with Crippen molar-refractivity contribution in [3.63, 3.8) is 0 Å². The number of benzene rings is 1. The summed E-state index contributed by atoms with van der Waals surface area (Å²) >= 11 is 1.74. The number of hydrogen-bond acceptors (Lipinski definition) is 3. The van der Waals surface area contributed by atoms with Crippen molar-refractivity contribution in [1.29, 1.82) is 0 Å². The Morgan fingerprint density at radius 1 is 1.33 bits per heavy atom. The molecule has 0 atom stereocenters. The van der Waals surface area contributed by atoms with Crippen molar-refractivity contribution in [2.45, 2.75) is 39.3 Å². The Labute approximate surface area is 112 Å². The highest BCUT2D eigenvalue weighted by molar-refractivity contribution is 7.13. The molecule has 18 heavy (non-hydrogen) atoms. The molecule has 3 heteroatoms. The van der Waals surface area contributed by atoms with Crippen molar-refractivity contribution in [2.24, 2.45) is 0 Å². The van der Waals surface area contributed by atoms with Gasteiger partial charge in [0.25, 0.3) is 0 Å². The predicted octanol–water partition coefficient (Wildman–Crippen LogP) is 3.68. The fourth-order valence-corrected chi connectivity index (χ4v) is 3.01. The maximum atomic E-state index is 4.73. The average Bonchev–Trinajstić information content (AvgIpc) is 3.05. The van der Waals surface area contributed by atoms with E-state index in [1.807, 2.05) is 0 Å². The molecule has 1 aliphatic carbocycles. The molecule has 0 saturated heterocycles. The monoisotopic (exact) mass is 258 g/mol. The third kappa shape index (κ3) is 2.62. The zero-order chi connectivity index (χ0) is 12.5. The lowest BCUT2D eigenvalue weighted by molar-refractivity contribution is 0.678. The molecule has 1 fully saturated rings. The van der Waals surface area contributed by atoms with Crippen molar-refractivity contribution in [3.05, 3.63) is 40.4 Å². The lowest BCUT2D eigenvalue weighted by atomic mass is 10.1. The summed E-state index contributed by atoms with van der Waals surface area (Å²) in [5.41, 5.74) is 5.06. The third-order valence-corrected chi connectivity index (χ3v) is 4.24. The van der Waals surface area contributed by atoms with E-state index in [-0.39, 0.29) is 0 Å². The second-order valence-electron chi connectivity index (χ2n) is 5.12. The third-order valence-electron chi connectivity index (χ3n) is 3.31. The minimum absolute atomic E-state index is 0.747. The van der Waals surface area contributed by atoms with E-state index in [0.29, 0.717) is 0 Å². The second-order valence-corrected chi connectivity index (χ2v) is 5.98. The molecule has 0 bridgehead atoms. The van der Waals surface area contributed by atoms with E-state index in [0.717, 1.165) is 17.6 Å². The van der Waals surface area contributed by atoms with Crippen LogP contribution in [0.4, 0.5) is 0 Å². The summed E-state index contributed by atoms with van der Waals surface area (Å²) in [6.45, 7) is 5.20. The molecule has 0 radical (unpaired) electrons. The number of hydrogen-bond donors (Lipinski definition) is 1. The molecule has 94 valence electrons. The van der Waals surface area contributed by atoms with E-state index in [4.69, 9.17) is 4.98 Å². The Hall–Kier alpha value is -1.19. The summed E-state index contributed by atoms with van der Waals surface area (Å²) in [5.74, 6) is 0. The fraction of sp³-hybridized carbons (Fsp3) is 0.400. The van der Waals surface area contributed by atoms with Gasteiger partial charge in [-0.15, -0.1) is 11.3 Å². The lowest BCUT2D eigenvalue weighted by Crippen LogP contribution is -2.15. The van der Waals surface area contributed by atoms with Crippen molar-refractivity contribution >= 4 is 11.3 Å². The van der Waals surface area contributed by atoms with Crippen molar-refractivity contribution in [1.82, 2.24) is 10.3 Å². The van der Waals surface area contributed by atoms with Crippen LogP contribution in [0, 0.1) is 13.8 Å². The number of rotatable bonds is 4. The summed E-state index contributed by atoms with van der Waals surface area (Å²) in [6.07, 6.45) is 2.65. The summed E-state index contributed by atoms with van der Waals surface area (Å²) < 4.78 is 0. The van der Waals surface area contributed by atoms with Crippen molar-refractivity contribution in [3.8, 4) is 10.6 Å². The second kappa shape index (κ2) is 4.82. The summed E-state index contributed by atoms with van der Waals surface area (Å²) in [7, 11) is 0. The van der Waals surface area contributed by atoms with Crippen LogP contribution in [0.15, 0.2) is 23.6 Å². The molecule has 1 aromatic heterocycles. The number of thiazole rings is 1. The van der Waals surface area contributed by atoms with Gasteiger partial charge in [0.05, 0.1) is 5.69 Å². The van der Waals surface area contributed by atoms with Crippen LogP contribution in [0.5, 0.6) is 0 Å². The predicted molar refractivity (Wildman–Crippen MR) is 76.9 cm³/mol. The minimum atomic E-state index is 0.747. The topological polar surface area (TPSA) is 24.9 Å². The highest BCUT2D eigenvalue weighted by Gasteiger charge is 2.20. The van der Waals surface area contributed by atoms with Gasteiger partial charge in [-0.2, -0.15) is 0 Å². The van der Waals surface area contributed by atoms with Crippen LogP contribution in [-0.4, -0.2) is 11.0 Å². The van der Waals surface area contributed by atoms with Crippen LogP contribution in [0.25, 0.3) is 10.6 Å². The number of nitrogens with zero attached hydrogens (tertiary/aromatic N) is 1.